The quantitative estimate of drug-likeness (QED) is 0.743. The fraction of sp³-hybridized carbons (Fsp3) is 0.238. The van der Waals surface area contributed by atoms with Gasteiger partial charge < -0.3 is 15.4 Å². The number of anilines is 1. The summed E-state index contributed by atoms with van der Waals surface area (Å²) in [5, 5.41) is 5.67. The number of hydrogen-bond donors (Lipinski definition) is 2. The number of carbonyl (C=O) groups excluding carboxylic acids is 2. The zero-order valence-electron chi connectivity index (χ0n) is 15.3. The van der Waals surface area contributed by atoms with Crippen molar-refractivity contribution in [3.05, 3.63) is 65.7 Å². The number of rotatable bonds is 7. The monoisotopic (exact) mass is 352 g/mol. The lowest BCUT2D eigenvalue weighted by Gasteiger charge is -2.12. The van der Waals surface area contributed by atoms with Crippen LogP contribution in [0.4, 0.5) is 5.69 Å². The fourth-order valence-corrected chi connectivity index (χ4v) is 2.22. The van der Waals surface area contributed by atoms with Crippen molar-refractivity contribution in [2.45, 2.75) is 26.3 Å². The van der Waals surface area contributed by atoms with Crippen LogP contribution in [-0.2, 0) is 4.79 Å². The molecule has 2 aromatic rings. The summed E-state index contributed by atoms with van der Waals surface area (Å²) in [7, 11) is 1.61. The maximum Gasteiger partial charge on any atom is 0.251 e. The lowest BCUT2D eigenvalue weighted by atomic mass is 10.1. The van der Waals surface area contributed by atoms with Gasteiger partial charge in [-0.25, -0.2) is 0 Å². The summed E-state index contributed by atoms with van der Waals surface area (Å²) in [6.45, 7) is 3.96. The minimum absolute atomic E-state index is 0.105. The standard InChI is InChI=1S/C21H24N2O3/c1-4-15(2)22-21(25)17-6-5-7-18(14-17)23-20(24)13-10-16-8-11-19(26-3)12-9-16/h5-15H,4H2,1-3H3,(H,22,25)(H,23,24)/b13-10+. The van der Waals surface area contributed by atoms with E-state index in [9.17, 15) is 9.59 Å². The van der Waals surface area contributed by atoms with Gasteiger partial charge in [-0.05, 0) is 55.3 Å². The summed E-state index contributed by atoms with van der Waals surface area (Å²) in [4.78, 5) is 24.3. The second-order valence-corrected chi connectivity index (χ2v) is 5.96. The van der Waals surface area contributed by atoms with Gasteiger partial charge in [-0.3, -0.25) is 9.59 Å². The molecule has 0 saturated heterocycles. The van der Waals surface area contributed by atoms with E-state index in [1.54, 1.807) is 37.5 Å². The molecule has 0 aliphatic carbocycles. The zero-order valence-corrected chi connectivity index (χ0v) is 15.3. The molecule has 2 amide bonds. The van der Waals surface area contributed by atoms with E-state index in [1.165, 1.54) is 6.08 Å². The minimum Gasteiger partial charge on any atom is -0.497 e. The molecule has 0 bridgehead atoms. The molecule has 0 aliphatic heterocycles. The summed E-state index contributed by atoms with van der Waals surface area (Å²) in [6.07, 6.45) is 4.03. The van der Waals surface area contributed by atoms with E-state index in [0.29, 0.717) is 11.3 Å². The van der Waals surface area contributed by atoms with E-state index in [1.807, 2.05) is 38.1 Å². The SMILES string of the molecule is CCC(C)NC(=O)c1cccc(NC(=O)/C=C/c2ccc(OC)cc2)c1. The molecule has 0 saturated carbocycles. The maximum atomic E-state index is 12.2. The van der Waals surface area contributed by atoms with Crippen LogP contribution in [0.3, 0.4) is 0 Å². The Balaban J connectivity index is 1.98. The topological polar surface area (TPSA) is 67.4 Å². The van der Waals surface area contributed by atoms with Gasteiger partial charge in [0.1, 0.15) is 5.75 Å². The molecular formula is C21H24N2O3. The first-order chi connectivity index (χ1) is 12.5. The van der Waals surface area contributed by atoms with Gasteiger partial charge in [0.2, 0.25) is 5.91 Å². The molecule has 5 nitrogen and oxygen atoms in total. The minimum atomic E-state index is -0.264. The summed E-state index contributed by atoms with van der Waals surface area (Å²) in [6, 6.07) is 14.4. The van der Waals surface area contributed by atoms with Gasteiger partial charge >= 0.3 is 0 Å². The zero-order chi connectivity index (χ0) is 18.9. The number of carbonyl (C=O) groups is 2. The molecule has 1 atom stereocenters. The van der Waals surface area contributed by atoms with E-state index in [4.69, 9.17) is 4.74 Å². The Labute approximate surface area is 154 Å². The smallest absolute Gasteiger partial charge is 0.251 e. The maximum absolute atomic E-state index is 12.2. The Morgan fingerprint density at radius 1 is 1.15 bits per heavy atom. The molecular weight excluding hydrogens is 328 g/mol. The summed E-state index contributed by atoms with van der Waals surface area (Å²) < 4.78 is 5.10. The van der Waals surface area contributed by atoms with Crippen molar-refractivity contribution in [2.75, 3.05) is 12.4 Å². The van der Waals surface area contributed by atoms with Crippen LogP contribution in [0.1, 0.15) is 36.2 Å². The number of nitrogens with one attached hydrogen (secondary N) is 2. The Kier molecular flexibility index (Phi) is 6.97. The van der Waals surface area contributed by atoms with Gasteiger partial charge in [-0.2, -0.15) is 0 Å². The molecule has 5 heteroatoms. The van der Waals surface area contributed by atoms with Gasteiger partial charge in [0, 0.05) is 23.4 Å². The van der Waals surface area contributed by atoms with Crippen LogP contribution >= 0.6 is 0 Å². The average Bonchev–Trinajstić information content (AvgIpc) is 2.66. The number of hydrogen-bond acceptors (Lipinski definition) is 3. The first kappa shape index (κ1) is 19.2. The first-order valence-corrected chi connectivity index (χ1v) is 8.56. The fourth-order valence-electron chi connectivity index (χ4n) is 2.22. The lowest BCUT2D eigenvalue weighted by molar-refractivity contribution is -0.111. The third-order valence-corrected chi connectivity index (χ3v) is 3.93. The van der Waals surface area contributed by atoms with Crippen molar-refractivity contribution in [1.29, 1.82) is 0 Å². The Bertz CT molecular complexity index is 782. The van der Waals surface area contributed by atoms with E-state index >= 15 is 0 Å². The van der Waals surface area contributed by atoms with Crippen LogP contribution in [0.5, 0.6) is 5.75 Å². The lowest BCUT2D eigenvalue weighted by Crippen LogP contribution is -2.31. The van der Waals surface area contributed by atoms with Crippen LogP contribution in [0.15, 0.2) is 54.6 Å². The molecule has 0 aliphatic rings. The predicted octanol–water partition coefficient (Wildman–Crippen LogP) is 3.88. The van der Waals surface area contributed by atoms with Crippen molar-refractivity contribution < 1.29 is 14.3 Å². The van der Waals surface area contributed by atoms with Crippen molar-refractivity contribution in [2.24, 2.45) is 0 Å². The number of ether oxygens (including phenoxy) is 1. The van der Waals surface area contributed by atoms with Crippen molar-refractivity contribution in [3.8, 4) is 5.75 Å². The molecule has 26 heavy (non-hydrogen) atoms. The van der Waals surface area contributed by atoms with Crippen LogP contribution in [0, 0.1) is 0 Å². The molecule has 0 heterocycles. The number of benzene rings is 2. The molecule has 2 aromatic carbocycles. The average molecular weight is 352 g/mol. The number of methoxy groups -OCH3 is 1. The Morgan fingerprint density at radius 3 is 2.54 bits per heavy atom. The predicted molar refractivity (Wildman–Crippen MR) is 104 cm³/mol. The Hall–Kier alpha value is -3.08. The van der Waals surface area contributed by atoms with Gasteiger partial charge in [0.05, 0.1) is 7.11 Å². The first-order valence-electron chi connectivity index (χ1n) is 8.56. The summed E-state index contributed by atoms with van der Waals surface area (Å²) in [5.41, 5.74) is 1.98. The highest BCUT2D eigenvalue weighted by molar-refractivity contribution is 6.03. The third kappa shape index (κ3) is 5.77. The van der Waals surface area contributed by atoms with Crippen LogP contribution < -0.4 is 15.4 Å². The van der Waals surface area contributed by atoms with E-state index in [2.05, 4.69) is 10.6 Å². The molecule has 0 radical (unpaired) electrons. The Morgan fingerprint density at radius 2 is 1.88 bits per heavy atom. The third-order valence-electron chi connectivity index (χ3n) is 3.93. The highest BCUT2D eigenvalue weighted by atomic mass is 16.5. The van der Waals surface area contributed by atoms with Crippen LogP contribution in [0.2, 0.25) is 0 Å². The highest BCUT2D eigenvalue weighted by Gasteiger charge is 2.09. The molecule has 1 unspecified atom stereocenters. The molecule has 2 N–H and O–H groups in total. The molecule has 0 spiro atoms. The van der Waals surface area contributed by atoms with E-state index < -0.39 is 0 Å². The van der Waals surface area contributed by atoms with Crippen LogP contribution in [0.25, 0.3) is 6.08 Å². The summed E-state index contributed by atoms with van der Waals surface area (Å²) in [5.74, 6) is 0.351. The highest BCUT2D eigenvalue weighted by Crippen LogP contribution is 2.13. The number of amides is 2. The van der Waals surface area contributed by atoms with Gasteiger partial charge in [0.15, 0.2) is 0 Å². The van der Waals surface area contributed by atoms with Gasteiger partial charge in [-0.15, -0.1) is 0 Å². The van der Waals surface area contributed by atoms with Crippen molar-refractivity contribution >= 4 is 23.6 Å². The van der Waals surface area contributed by atoms with Crippen molar-refractivity contribution in [1.82, 2.24) is 5.32 Å². The largest absolute Gasteiger partial charge is 0.497 e. The second kappa shape index (κ2) is 9.42. The molecule has 0 fully saturated rings. The summed E-state index contributed by atoms with van der Waals surface area (Å²) >= 11 is 0. The van der Waals surface area contributed by atoms with Crippen molar-refractivity contribution in [3.63, 3.8) is 0 Å². The van der Waals surface area contributed by atoms with Crippen LogP contribution in [-0.4, -0.2) is 25.0 Å². The molecule has 0 aromatic heterocycles. The molecule has 2 rings (SSSR count). The van der Waals surface area contributed by atoms with E-state index in [0.717, 1.165) is 17.7 Å². The second-order valence-electron chi connectivity index (χ2n) is 5.96. The molecule has 136 valence electrons. The van der Waals surface area contributed by atoms with E-state index in [-0.39, 0.29) is 17.9 Å². The normalized spacial score (nSPS) is 11.8. The van der Waals surface area contributed by atoms with Gasteiger partial charge in [0.25, 0.3) is 5.91 Å². The van der Waals surface area contributed by atoms with Gasteiger partial charge in [-0.1, -0.05) is 25.1 Å².